The lowest BCUT2D eigenvalue weighted by atomic mass is 9.94. The lowest BCUT2D eigenvalue weighted by Crippen LogP contribution is -2.48. The molecule has 0 unspecified atom stereocenters. The van der Waals surface area contributed by atoms with Crippen LogP contribution in [0.3, 0.4) is 0 Å². The first kappa shape index (κ1) is 23.0. The second-order valence-corrected chi connectivity index (χ2v) is 10.8. The molecule has 0 radical (unpaired) electrons. The van der Waals surface area contributed by atoms with Gasteiger partial charge in [-0.2, -0.15) is 4.31 Å². The Morgan fingerprint density at radius 3 is 2.31 bits per heavy atom. The molecule has 32 heavy (non-hydrogen) atoms. The summed E-state index contributed by atoms with van der Waals surface area (Å²) in [4.78, 5) is 17.3. The molecule has 6 nitrogen and oxygen atoms in total. The normalized spacial score (nSPS) is 19.0. The average molecular weight is 456 g/mol. The quantitative estimate of drug-likeness (QED) is 0.668. The molecule has 4 rings (SSSR count). The highest BCUT2D eigenvalue weighted by Gasteiger charge is 2.30. The van der Waals surface area contributed by atoms with Crippen molar-refractivity contribution in [3.8, 4) is 0 Å². The van der Waals surface area contributed by atoms with Gasteiger partial charge in [-0.25, -0.2) is 8.42 Å². The van der Waals surface area contributed by atoms with Gasteiger partial charge in [-0.3, -0.25) is 9.69 Å². The zero-order valence-corrected chi connectivity index (χ0v) is 19.6. The van der Waals surface area contributed by atoms with Crippen molar-refractivity contribution in [1.82, 2.24) is 14.1 Å². The summed E-state index contributed by atoms with van der Waals surface area (Å²) in [6, 6.07) is 17.0. The Morgan fingerprint density at radius 1 is 0.938 bits per heavy atom. The topological polar surface area (TPSA) is 60.9 Å². The first-order valence-corrected chi connectivity index (χ1v) is 13.0. The minimum Gasteiger partial charge on any atom is -0.339 e. The van der Waals surface area contributed by atoms with E-state index in [1.165, 1.54) is 12.0 Å². The number of amides is 1. The molecule has 2 aliphatic rings. The molecule has 2 aromatic carbocycles. The first-order chi connectivity index (χ1) is 15.4. The molecule has 1 saturated carbocycles. The van der Waals surface area contributed by atoms with E-state index >= 15 is 0 Å². The van der Waals surface area contributed by atoms with Crippen LogP contribution in [0.2, 0.25) is 0 Å². The molecule has 1 heterocycles. The van der Waals surface area contributed by atoms with Crippen LogP contribution >= 0.6 is 0 Å². The summed E-state index contributed by atoms with van der Waals surface area (Å²) in [6.07, 6.45) is 5.56. The van der Waals surface area contributed by atoms with Crippen LogP contribution in [0.15, 0.2) is 59.5 Å². The Bertz CT molecular complexity index is 1010. The summed E-state index contributed by atoms with van der Waals surface area (Å²) in [6.45, 7) is 3.12. The van der Waals surface area contributed by atoms with Gasteiger partial charge < -0.3 is 4.90 Å². The van der Waals surface area contributed by atoms with Crippen LogP contribution in [-0.4, -0.2) is 67.7 Å². The number of rotatable bonds is 6. The lowest BCUT2D eigenvalue weighted by Gasteiger charge is -2.34. The lowest BCUT2D eigenvalue weighted by molar-refractivity contribution is 0.0696. The fraction of sp³-hybridized carbons (Fsp3) is 0.480. The molecule has 1 saturated heterocycles. The third kappa shape index (κ3) is 5.22. The molecule has 0 bridgehead atoms. The van der Waals surface area contributed by atoms with E-state index in [-0.39, 0.29) is 16.8 Å². The summed E-state index contributed by atoms with van der Waals surface area (Å²) >= 11 is 0. The minimum absolute atomic E-state index is 0.0957. The van der Waals surface area contributed by atoms with Crippen LogP contribution < -0.4 is 0 Å². The predicted molar refractivity (Wildman–Crippen MR) is 126 cm³/mol. The zero-order valence-electron chi connectivity index (χ0n) is 18.8. The molecule has 2 fully saturated rings. The standard InChI is InChI=1S/C25H33N3O3S/c1-26(23-12-6-3-7-13-23)25(29)22-11-8-14-24(19-22)32(30,31)28-17-15-27(16-18-28)20-21-9-4-2-5-10-21/h2,4-5,8-11,14,19,23H,3,6-7,12-13,15-18,20H2,1H3. The number of nitrogens with zero attached hydrogens (tertiary/aromatic N) is 3. The van der Waals surface area contributed by atoms with E-state index in [4.69, 9.17) is 0 Å². The van der Waals surface area contributed by atoms with Gasteiger partial charge in [0.15, 0.2) is 0 Å². The average Bonchev–Trinajstić information content (AvgIpc) is 2.85. The maximum Gasteiger partial charge on any atom is 0.253 e. The first-order valence-electron chi connectivity index (χ1n) is 11.6. The summed E-state index contributed by atoms with van der Waals surface area (Å²) in [5.41, 5.74) is 1.68. The molecular weight excluding hydrogens is 422 g/mol. The molecule has 0 aromatic heterocycles. The van der Waals surface area contributed by atoms with Gasteiger partial charge in [-0.05, 0) is 36.6 Å². The molecular formula is C25H33N3O3S. The van der Waals surface area contributed by atoms with Crippen molar-refractivity contribution in [1.29, 1.82) is 0 Å². The summed E-state index contributed by atoms with van der Waals surface area (Å²) < 4.78 is 28.1. The predicted octanol–water partition coefficient (Wildman–Crippen LogP) is 3.60. The Balaban J connectivity index is 1.41. The highest BCUT2D eigenvalue weighted by atomic mass is 32.2. The smallest absolute Gasteiger partial charge is 0.253 e. The van der Waals surface area contributed by atoms with E-state index in [2.05, 4.69) is 17.0 Å². The number of piperazine rings is 1. The van der Waals surface area contributed by atoms with Crippen molar-refractivity contribution >= 4 is 15.9 Å². The Labute approximate surface area is 191 Å². The highest BCUT2D eigenvalue weighted by molar-refractivity contribution is 7.89. The van der Waals surface area contributed by atoms with Crippen LogP contribution in [0.4, 0.5) is 0 Å². The second-order valence-electron chi connectivity index (χ2n) is 8.90. The fourth-order valence-electron chi connectivity index (χ4n) is 4.75. The van der Waals surface area contributed by atoms with E-state index in [1.54, 1.807) is 33.5 Å². The number of benzene rings is 2. The number of hydrogen-bond acceptors (Lipinski definition) is 4. The van der Waals surface area contributed by atoms with Crippen LogP contribution in [0.25, 0.3) is 0 Å². The van der Waals surface area contributed by atoms with E-state index in [0.29, 0.717) is 31.7 Å². The number of sulfonamides is 1. The maximum absolute atomic E-state index is 13.3. The van der Waals surface area contributed by atoms with Gasteiger partial charge in [0.25, 0.3) is 5.91 Å². The Kier molecular flexibility index (Phi) is 7.28. The van der Waals surface area contributed by atoms with E-state index in [1.807, 2.05) is 25.2 Å². The summed E-state index contributed by atoms with van der Waals surface area (Å²) in [5, 5.41) is 0. The van der Waals surface area contributed by atoms with Crippen LogP contribution in [0.1, 0.15) is 48.0 Å². The molecule has 2 aromatic rings. The van der Waals surface area contributed by atoms with Gasteiger partial charge in [0.05, 0.1) is 4.90 Å². The molecule has 1 aliphatic carbocycles. The van der Waals surface area contributed by atoms with Crippen molar-refractivity contribution in [3.05, 3.63) is 65.7 Å². The zero-order chi connectivity index (χ0) is 22.6. The molecule has 1 aliphatic heterocycles. The third-order valence-electron chi connectivity index (χ3n) is 6.74. The number of carbonyl (C=O) groups excluding carboxylic acids is 1. The summed E-state index contributed by atoms with van der Waals surface area (Å²) in [5.74, 6) is -0.0957. The highest BCUT2D eigenvalue weighted by Crippen LogP contribution is 2.24. The molecule has 172 valence electrons. The Morgan fingerprint density at radius 2 is 1.62 bits per heavy atom. The van der Waals surface area contributed by atoms with Crippen LogP contribution in [0, 0.1) is 0 Å². The third-order valence-corrected chi connectivity index (χ3v) is 8.64. The second kappa shape index (κ2) is 10.1. The van der Waals surface area contributed by atoms with Gasteiger partial charge in [-0.15, -0.1) is 0 Å². The minimum atomic E-state index is -3.63. The molecule has 7 heteroatoms. The van der Waals surface area contributed by atoms with Crippen LogP contribution in [-0.2, 0) is 16.6 Å². The van der Waals surface area contributed by atoms with E-state index < -0.39 is 10.0 Å². The fourth-order valence-corrected chi connectivity index (χ4v) is 6.21. The number of carbonyl (C=O) groups is 1. The van der Waals surface area contributed by atoms with Crippen molar-refractivity contribution < 1.29 is 13.2 Å². The number of hydrogen-bond donors (Lipinski definition) is 0. The maximum atomic E-state index is 13.3. The molecule has 1 amide bonds. The molecule has 0 N–H and O–H groups in total. The summed E-state index contributed by atoms with van der Waals surface area (Å²) in [7, 11) is -1.79. The van der Waals surface area contributed by atoms with Gasteiger partial charge in [0, 0.05) is 51.4 Å². The van der Waals surface area contributed by atoms with Crippen molar-refractivity contribution in [3.63, 3.8) is 0 Å². The van der Waals surface area contributed by atoms with E-state index in [0.717, 1.165) is 32.2 Å². The molecule has 0 spiro atoms. The monoisotopic (exact) mass is 455 g/mol. The Hall–Kier alpha value is -2.22. The van der Waals surface area contributed by atoms with Crippen molar-refractivity contribution in [2.45, 2.75) is 49.6 Å². The van der Waals surface area contributed by atoms with Crippen LogP contribution in [0.5, 0.6) is 0 Å². The van der Waals surface area contributed by atoms with Gasteiger partial charge >= 0.3 is 0 Å². The van der Waals surface area contributed by atoms with Crippen molar-refractivity contribution in [2.24, 2.45) is 0 Å². The largest absolute Gasteiger partial charge is 0.339 e. The van der Waals surface area contributed by atoms with Gasteiger partial charge in [0.2, 0.25) is 10.0 Å². The van der Waals surface area contributed by atoms with Crippen molar-refractivity contribution in [2.75, 3.05) is 33.2 Å². The molecule has 0 atom stereocenters. The van der Waals surface area contributed by atoms with Gasteiger partial charge in [-0.1, -0.05) is 55.7 Å². The van der Waals surface area contributed by atoms with E-state index in [9.17, 15) is 13.2 Å². The van der Waals surface area contributed by atoms with Gasteiger partial charge in [0.1, 0.15) is 0 Å². The SMILES string of the molecule is CN(C(=O)c1cccc(S(=O)(=O)N2CCN(Cc3ccccc3)CC2)c1)C1CCCCC1.